The van der Waals surface area contributed by atoms with Crippen molar-refractivity contribution in [1.82, 2.24) is 4.72 Å². The van der Waals surface area contributed by atoms with Crippen molar-refractivity contribution in [3.8, 4) is 11.5 Å². The molecule has 1 unspecified atom stereocenters. The normalized spacial score (nSPS) is 15.0. The molecule has 0 radical (unpaired) electrons. The van der Waals surface area contributed by atoms with Crippen molar-refractivity contribution in [2.24, 2.45) is 0 Å². The van der Waals surface area contributed by atoms with Crippen molar-refractivity contribution in [1.29, 1.82) is 0 Å². The smallest absolute Gasteiger partial charge is 0.139 e. The van der Waals surface area contributed by atoms with Gasteiger partial charge in [0, 0.05) is 27.4 Å². The lowest BCUT2D eigenvalue weighted by Crippen LogP contribution is -2.37. The molecule has 1 aliphatic heterocycles. The van der Waals surface area contributed by atoms with Crippen LogP contribution >= 0.6 is 7.92 Å². The minimum atomic E-state index is -1.34. The van der Waals surface area contributed by atoms with Gasteiger partial charge in [0.05, 0.1) is 21.8 Å². The highest BCUT2D eigenvalue weighted by Crippen LogP contribution is 2.53. The van der Waals surface area contributed by atoms with E-state index in [0.29, 0.717) is 0 Å². The number of ether oxygens (including phenoxy) is 1. The van der Waals surface area contributed by atoms with Crippen LogP contribution < -0.4 is 25.4 Å². The zero-order chi connectivity index (χ0) is 32.8. The number of fused-ring (bicyclic) bond motifs is 3. The summed E-state index contributed by atoms with van der Waals surface area (Å²) in [5.41, 5.74) is 4.01. The molecule has 0 fully saturated rings. The fourth-order valence-corrected chi connectivity index (χ4v) is 9.82. The highest BCUT2D eigenvalue weighted by Gasteiger charge is 2.39. The Labute approximate surface area is 282 Å². The molecule has 47 heavy (non-hydrogen) atoms. The van der Waals surface area contributed by atoms with E-state index in [9.17, 15) is 4.21 Å². The molecule has 236 valence electrons. The molecule has 7 rings (SSSR count). The van der Waals surface area contributed by atoms with E-state index in [1.54, 1.807) is 0 Å². The Morgan fingerprint density at radius 3 is 1.83 bits per heavy atom. The molecule has 2 atom stereocenters. The Bertz CT molecular complexity index is 2040. The van der Waals surface area contributed by atoms with Crippen molar-refractivity contribution in [3.63, 3.8) is 0 Å². The molecule has 0 bridgehead atoms. The number of hydrogen-bond donors (Lipinski definition) is 1. The summed E-state index contributed by atoms with van der Waals surface area (Å²) in [6.45, 7) is 10.6. The van der Waals surface area contributed by atoms with E-state index >= 15 is 0 Å². The van der Waals surface area contributed by atoms with E-state index in [4.69, 9.17) is 4.74 Å². The van der Waals surface area contributed by atoms with Crippen LogP contribution in [0.4, 0.5) is 0 Å². The van der Waals surface area contributed by atoms with Crippen LogP contribution in [-0.4, -0.2) is 8.96 Å². The average Bonchev–Trinajstić information content (AvgIpc) is 3.08. The molecular formula is C42H40NO2PS. The first-order chi connectivity index (χ1) is 22.6. The topological polar surface area (TPSA) is 38.3 Å². The largest absolute Gasteiger partial charge is 0.456 e. The second-order valence-corrected chi connectivity index (χ2v) is 17.8. The van der Waals surface area contributed by atoms with Gasteiger partial charge >= 0.3 is 0 Å². The first-order valence-electron chi connectivity index (χ1n) is 16.2. The average molecular weight is 654 g/mol. The molecule has 0 aliphatic carbocycles. The fraction of sp³-hybridized carbons (Fsp3) is 0.190. The maximum Gasteiger partial charge on any atom is 0.139 e. The fourth-order valence-electron chi connectivity index (χ4n) is 6.60. The van der Waals surface area contributed by atoms with Crippen molar-refractivity contribution in [2.75, 3.05) is 0 Å². The molecule has 0 aromatic heterocycles. The number of benzene rings is 6. The number of nitrogens with one attached hydrogen (secondary N) is 1. The van der Waals surface area contributed by atoms with Crippen molar-refractivity contribution in [2.45, 2.75) is 50.8 Å². The first-order valence-corrected chi connectivity index (χ1v) is 18.6. The molecular weight excluding hydrogens is 614 g/mol. The van der Waals surface area contributed by atoms with E-state index < -0.39 is 23.7 Å². The number of rotatable bonds is 7. The Hall–Kier alpha value is -4.08. The number of para-hydroxylation sites is 2. The third kappa shape index (κ3) is 5.84. The predicted molar refractivity (Wildman–Crippen MR) is 201 cm³/mol. The van der Waals surface area contributed by atoms with Crippen LogP contribution in [0.3, 0.4) is 0 Å². The zero-order valence-electron chi connectivity index (χ0n) is 27.5. The van der Waals surface area contributed by atoms with E-state index in [2.05, 4.69) is 158 Å². The van der Waals surface area contributed by atoms with Gasteiger partial charge in [-0.25, -0.2) is 8.93 Å². The van der Waals surface area contributed by atoms with Gasteiger partial charge in [-0.3, -0.25) is 0 Å². The van der Waals surface area contributed by atoms with Crippen LogP contribution in [0.5, 0.6) is 11.5 Å². The van der Waals surface area contributed by atoms with Gasteiger partial charge in [0.25, 0.3) is 0 Å². The van der Waals surface area contributed by atoms with Gasteiger partial charge in [-0.05, 0) is 55.6 Å². The minimum Gasteiger partial charge on any atom is -0.456 e. The van der Waals surface area contributed by atoms with Crippen LogP contribution in [0.1, 0.15) is 62.9 Å². The molecule has 6 aromatic rings. The van der Waals surface area contributed by atoms with E-state index in [1.807, 2.05) is 20.8 Å². The van der Waals surface area contributed by atoms with Crippen molar-refractivity contribution in [3.05, 3.63) is 162 Å². The second kappa shape index (κ2) is 12.5. The lowest BCUT2D eigenvalue weighted by Gasteiger charge is -2.38. The minimum absolute atomic E-state index is 0.337. The third-order valence-corrected chi connectivity index (χ3v) is 13.1. The van der Waals surface area contributed by atoms with Crippen LogP contribution in [0.2, 0.25) is 0 Å². The van der Waals surface area contributed by atoms with Crippen molar-refractivity contribution >= 4 is 45.6 Å². The second-order valence-electron chi connectivity index (χ2n) is 13.6. The molecule has 3 nitrogen and oxygen atoms in total. The van der Waals surface area contributed by atoms with E-state index in [-0.39, 0.29) is 11.5 Å². The van der Waals surface area contributed by atoms with Gasteiger partial charge in [0.2, 0.25) is 0 Å². The quantitative estimate of drug-likeness (QED) is 0.175. The zero-order valence-corrected chi connectivity index (χ0v) is 29.2. The summed E-state index contributed by atoms with van der Waals surface area (Å²) in [6.07, 6.45) is 0. The summed E-state index contributed by atoms with van der Waals surface area (Å²) in [5, 5.41) is 6.02. The summed E-state index contributed by atoms with van der Waals surface area (Å²) < 4.78 is 24.2. The third-order valence-electron chi connectivity index (χ3n) is 9.09. The van der Waals surface area contributed by atoms with E-state index in [1.165, 1.54) is 21.5 Å². The summed E-state index contributed by atoms with van der Waals surface area (Å²) in [4.78, 5) is 0. The molecule has 0 amide bonds. The van der Waals surface area contributed by atoms with Crippen LogP contribution in [-0.2, 0) is 16.4 Å². The van der Waals surface area contributed by atoms with Crippen molar-refractivity contribution < 1.29 is 8.95 Å². The highest BCUT2D eigenvalue weighted by atomic mass is 32.2. The maximum atomic E-state index is 13.9. The summed E-state index contributed by atoms with van der Waals surface area (Å²) in [7, 11) is -2.24. The monoisotopic (exact) mass is 653 g/mol. The summed E-state index contributed by atoms with van der Waals surface area (Å²) >= 11 is 0. The van der Waals surface area contributed by atoms with Crippen LogP contribution in [0.25, 0.3) is 10.8 Å². The highest BCUT2D eigenvalue weighted by molar-refractivity contribution is 7.84. The molecule has 1 N–H and O–H groups in total. The summed E-state index contributed by atoms with van der Waals surface area (Å²) in [5.74, 6) is 1.76. The van der Waals surface area contributed by atoms with Crippen LogP contribution in [0, 0.1) is 0 Å². The van der Waals surface area contributed by atoms with Gasteiger partial charge in [-0.2, -0.15) is 0 Å². The molecule has 1 aliphatic rings. The summed E-state index contributed by atoms with van der Waals surface area (Å²) in [6, 6.07) is 49.1. The lowest BCUT2D eigenvalue weighted by atomic mass is 9.74. The van der Waals surface area contributed by atoms with Gasteiger partial charge in [-0.15, -0.1) is 0 Å². The molecule has 5 heteroatoms. The Balaban J connectivity index is 1.45. The lowest BCUT2D eigenvalue weighted by molar-refractivity contribution is 0.413. The van der Waals surface area contributed by atoms with Crippen LogP contribution in [0.15, 0.2) is 140 Å². The standard InChI is InChI=1S/C42H40NO2PS/c1-41(2,3)47(44)43-38(33-24-14-18-29-17-12-13-23-32(29)33)34-25-15-26-35-39(34)45-40-36(42(35,4)5)27-16-28-37(40)46(30-19-8-6-9-20-30)31-21-10-7-11-22-31/h6-28,38,43H,1-5H3/t38-,47?/m1/s1. The van der Waals surface area contributed by atoms with Gasteiger partial charge < -0.3 is 4.74 Å². The van der Waals surface area contributed by atoms with Gasteiger partial charge in [-0.1, -0.05) is 153 Å². The molecule has 0 spiro atoms. The molecule has 0 saturated carbocycles. The SMILES string of the molecule is CC1(C)c2cccc([C@H](NS(=O)C(C)(C)C)c3cccc4ccccc34)c2Oc2c(P(c3ccccc3)c3ccccc3)cccc21. The maximum absolute atomic E-state index is 13.9. The predicted octanol–water partition coefficient (Wildman–Crippen LogP) is 9.17. The molecule has 0 saturated heterocycles. The Kier molecular flexibility index (Phi) is 8.39. The molecule has 6 aromatic carbocycles. The Morgan fingerprint density at radius 1 is 0.638 bits per heavy atom. The number of hydrogen-bond acceptors (Lipinski definition) is 2. The van der Waals surface area contributed by atoms with Gasteiger partial charge in [0.15, 0.2) is 0 Å². The first kappa shape index (κ1) is 31.5. The van der Waals surface area contributed by atoms with Gasteiger partial charge in [0.1, 0.15) is 11.5 Å². The molecule has 1 heterocycles. The Morgan fingerprint density at radius 2 is 1.17 bits per heavy atom. The van der Waals surface area contributed by atoms with E-state index in [0.717, 1.165) is 39.0 Å².